The standard InChI is InChI=1S/C11H14N4O2S2/c1-2-12-10-4-3-5-13-11(10)19(16,17)15-6-9-7-18-8-14-9/h3-5,7-8,12,15H,2,6H2,1H3. The van der Waals surface area contributed by atoms with E-state index in [2.05, 4.69) is 20.0 Å². The molecule has 0 bridgehead atoms. The van der Waals surface area contributed by atoms with Crippen LogP contribution in [0.4, 0.5) is 5.69 Å². The van der Waals surface area contributed by atoms with Crippen LogP contribution >= 0.6 is 11.3 Å². The second kappa shape index (κ2) is 6.09. The third-order valence-corrected chi connectivity index (χ3v) is 4.31. The van der Waals surface area contributed by atoms with E-state index in [1.807, 2.05) is 6.92 Å². The molecule has 0 saturated heterocycles. The number of aromatic nitrogens is 2. The van der Waals surface area contributed by atoms with Gasteiger partial charge in [0, 0.05) is 18.1 Å². The molecule has 0 unspecified atom stereocenters. The van der Waals surface area contributed by atoms with Crippen molar-refractivity contribution in [2.75, 3.05) is 11.9 Å². The molecule has 2 N–H and O–H groups in total. The van der Waals surface area contributed by atoms with Gasteiger partial charge in [0.15, 0.2) is 5.03 Å². The highest BCUT2D eigenvalue weighted by molar-refractivity contribution is 7.89. The minimum atomic E-state index is -3.65. The number of thiazole rings is 1. The van der Waals surface area contributed by atoms with E-state index >= 15 is 0 Å². The lowest BCUT2D eigenvalue weighted by Gasteiger charge is -2.10. The quantitative estimate of drug-likeness (QED) is 0.843. The zero-order valence-electron chi connectivity index (χ0n) is 10.3. The van der Waals surface area contributed by atoms with Gasteiger partial charge in [-0.05, 0) is 19.1 Å². The third-order valence-electron chi connectivity index (χ3n) is 2.32. The summed E-state index contributed by atoms with van der Waals surface area (Å²) in [6.45, 7) is 2.68. The number of nitrogens with zero attached hydrogens (tertiary/aromatic N) is 2. The van der Waals surface area contributed by atoms with Crippen LogP contribution in [0.25, 0.3) is 0 Å². The molecule has 0 amide bonds. The first-order valence-corrected chi connectivity index (χ1v) is 8.11. The van der Waals surface area contributed by atoms with E-state index in [9.17, 15) is 8.42 Å². The first-order valence-electron chi connectivity index (χ1n) is 5.69. The molecule has 0 aliphatic heterocycles. The molecule has 102 valence electrons. The molecule has 19 heavy (non-hydrogen) atoms. The van der Waals surface area contributed by atoms with Gasteiger partial charge in [-0.25, -0.2) is 23.1 Å². The Hall–Kier alpha value is -1.51. The summed E-state index contributed by atoms with van der Waals surface area (Å²) < 4.78 is 26.9. The van der Waals surface area contributed by atoms with Crippen LogP contribution in [0.3, 0.4) is 0 Å². The maximum Gasteiger partial charge on any atom is 0.260 e. The molecule has 0 radical (unpaired) electrons. The summed E-state index contributed by atoms with van der Waals surface area (Å²) in [6.07, 6.45) is 1.46. The monoisotopic (exact) mass is 298 g/mol. The Labute approximate surface area is 116 Å². The lowest BCUT2D eigenvalue weighted by molar-refractivity contribution is 0.577. The Morgan fingerprint density at radius 2 is 2.21 bits per heavy atom. The van der Waals surface area contributed by atoms with E-state index in [4.69, 9.17) is 0 Å². The van der Waals surface area contributed by atoms with E-state index in [1.54, 1.807) is 23.0 Å². The minimum absolute atomic E-state index is 0.00656. The molecule has 0 fully saturated rings. The largest absolute Gasteiger partial charge is 0.383 e. The van der Waals surface area contributed by atoms with Crippen LogP contribution in [0.15, 0.2) is 34.2 Å². The molecule has 2 rings (SSSR count). The molecule has 0 aliphatic carbocycles. The normalized spacial score (nSPS) is 11.4. The number of sulfonamides is 1. The molecule has 0 aliphatic rings. The second-order valence-electron chi connectivity index (χ2n) is 3.69. The number of hydrogen-bond acceptors (Lipinski definition) is 6. The average Bonchev–Trinajstić information content (AvgIpc) is 2.91. The van der Waals surface area contributed by atoms with Crippen molar-refractivity contribution in [3.8, 4) is 0 Å². The molecule has 0 aromatic carbocycles. The van der Waals surface area contributed by atoms with Gasteiger partial charge in [0.25, 0.3) is 10.0 Å². The predicted molar refractivity (Wildman–Crippen MR) is 74.5 cm³/mol. The highest BCUT2D eigenvalue weighted by atomic mass is 32.2. The summed E-state index contributed by atoms with van der Waals surface area (Å²) in [7, 11) is -3.65. The van der Waals surface area contributed by atoms with Crippen LogP contribution in [0.5, 0.6) is 0 Å². The zero-order valence-corrected chi connectivity index (χ0v) is 12.0. The average molecular weight is 298 g/mol. The summed E-state index contributed by atoms with van der Waals surface area (Å²) in [6, 6.07) is 3.38. The van der Waals surface area contributed by atoms with Gasteiger partial charge in [-0.15, -0.1) is 11.3 Å². The molecular weight excluding hydrogens is 284 g/mol. The van der Waals surface area contributed by atoms with Crippen molar-refractivity contribution in [1.29, 1.82) is 0 Å². The second-order valence-corrected chi connectivity index (χ2v) is 6.09. The number of anilines is 1. The molecule has 0 spiro atoms. The van der Waals surface area contributed by atoms with Gasteiger partial charge in [-0.2, -0.15) is 0 Å². The fourth-order valence-corrected chi connectivity index (χ4v) is 3.15. The number of nitrogens with one attached hydrogen (secondary N) is 2. The lowest BCUT2D eigenvalue weighted by Crippen LogP contribution is -2.25. The van der Waals surface area contributed by atoms with Crippen molar-refractivity contribution in [1.82, 2.24) is 14.7 Å². The van der Waals surface area contributed by atoms with Crippen LogP contribution in [0.2, 0.25) is 0 Å². The molecule has 2 aromatic rings. The van der Waals surface area contributed by atoms with Crippen molar-refractivity contribution in [2.45, 2.75) is 18.5 Å². The first-order chi connectivity index (χ1) is 9.13. The van der Waals surface area contributed by atoms with E-state index in [0.717, 1.165) is 0 Å². The van der Waals surface area contributed by atoms with E-state index in [0.29, 0.717) is 17.9 Å². The van der Waals surface area contributed by atoms with Gasteiger partial charge in [-0.1, -0.05) is 0 Å². The van der Waals surface area contributed by atoms with Crippen molar-refractivity contribution in [2.24, 2.45) is 0 Å². The summed E-state index contributed by atoms with van der Waals surface area (Å²) in [5.41, 5.74) is 2.85. The molecule has 6 nitrogen and oxygen atoms in total. The Morgan fingerprint density at radius 1 is 1.37 bits per heavy atom. The fourth-order valence-electron chi connectivity index (χ4n) is 1.49. The van der Waals surface area contributed by atoms with Crippen LogP contribution < -0.4 is 10.0 Å². The van der Waals surface area contributed by atoms with E-state index < -0.39 is 10.0 Å². The Balaban J connectivity index is 2.19. The number of hydrogen-bond donors (Lipinski definition) is 2. The zero-order chi connectivity index (χ0) is 13.7. The third kappa shape index (κ3) is 3.49. The maximum atomic E-state index is 12.2. The summed E-state index contributed by atoms with van der Waals surface area (Å²) in [5.74, 6) is 0. The fraction of sp³-hybridized carbons (Fsp3) is 0.273. The van der Waals surface area contributed by atoms with Crippen LogP contribution in [0, 0.1) is 0 Å². The highest BCUT2D eigenvalue weighted by Crippen LogP contribution is 2.17. The van der Waals surface area contributed by atoms with Gasteiger partial charge in [0.1, 0.15) is 0 Å². The summed E-state index contributed by atoms with van der Waals surface area (Å²) in [5, 5.41) is 4.78. The van der Waals surface area contributed by atoms with E-state index in [-0.39, 0.29) is 11.6 Å². The highest BCUT2D eigenvalue weighted by Gasteiger charge is 2.19. The molecule has 0 saturated carbocycles. The number of pyridine rings is 1. The van der Waals surface area contributed by atoms with Gasteiger partial charge in [-0.3, -0.25) is 0 Å². The smallest absolute Gasteiger partial charge is 0.260 e. The van der Waals surface area contributed by atoms with Crippen LogP contribution in [0.1, 0.15) is 12.6 Å². The van der Waals surface area contributed by atoms with Crippen molar-refractivity contribution < 1.29 is 8.42 Å². The maximum absolute atomic E-state index is 12.2. The van der Waals surface area contributed by atoms with Crippen molar-refractivity contribution in [3.05, 3.63) is 34.9 Å². The lowest BCUT2D eigenvalue weighted by atomic mass is 10.4. The first kappa shape index (κ1) is 13.9. The van der Waals surface area contributed by atoms with Gasteiger partial charge in [0.05, 0.1) is 23.4 Å². The number of rotatable bonds is 6. The SMILES string of the molecule is CCNc1cccnc1S(=O)(=O)NCc1cscn1. The van der Waals surface area contributed by atoms with Crippen LogP contribution in [-0.2, 0) is 16.6 Å². The predicted octanol–water partition coefficient (Wildman–Crippen LogP) is 1.45. The minimum Gasteiger partial charge on any atom is -0.383 e. The summed E-state index contributed by atoms with van der Waals surface area (Å²) in [4.78, 5) is 7.97. The Kier molecular flexibility index (Phi) is 4.46. The molecule has 2 heterocycles. The molecule has 0 atom stereocenters. The van der Waals surface area contributed by atoms with Crippen molar-refractivity contribution >= 4 is 27.0 Å². The molecule has 8 heteroatoms. The Morgan fingerprint density at radius 3 is 2.89 bits per heavy atom. The molecule has 2 aromatic heterocycles. The topological polar surface area (TPSA) is 84.0 Å². The van der Waals surface area contributed by atoms with Crippen molar-refractivity contribution in [3.63, 3.8) is 0 Å². The van der Waals surface area contributed by atoms with E-state index in [1.165, 1.54) is 17.5 Å². The Bertz CT molecular complexity index is 626. The van der Waals surface area contributed by atoms with Crippen LogP contribution in [-0.4, -0.2) is 24.9 Å². The summed E-state index contributed by atoms with van der Waals surface area (Å²) >= 11 is 1.42. The van der Waals surface area contributed by atoms with Gasteiger partial charge >= 0.3 is 0 Å². The van der Waals surface area contributed by atoms with Gasteiger partial charge in [0.2, 0.25) is 0 Å². The van der Waals surface area contributed by atoms with Gasteiger partial charge < -0.3 is 5.32 Å². The molecular formula is C11H14N4O2S2.